The maximum absolute atomic E-state index is 15.2. The first-order chi connectivity index (χ1) is 38.6. The van der Waals surface area contributed by atoms with Gasteiger partial charge in [-0.25, -0.2) is 0 Å². The predicted molar refractivity (Wildman–Crippen MR) is 274 cm³/mol. The fourth-order valence-corrected chi connectivity index (χ4v) is 19.0. The normalized spacial score (nSPS) is 23.7. The van der Waals surface area contributed by atoms with Gasteiger partial charge in [-0.15, -0.1) is 0 Å². The van der Waals surface area contributed by atoms with Crippen molar-refractivity contribution in [3.05, 3.63) is 131 Å². The Morgan fingerprint density at radius 3 is 0.732 bits per heavy atom. The third-order valence-electron chi connectivity index (χ3n) is 14.2. The van der Waals surface area contributed by atoms with Crippen molar-refractivity contribution in [2.24, 2.45) is 0 Å². The van der Waals surface area contributed by atoms with E-state index >= 15 is 52.7 Å². The van der Waals surface area contributed by atoms with Crippen LogP contribution in [0.1, 0.15) is 60.8 Å². The molecule has 82 heavy (non-hydrogen) atoms. The first-order valence-electron chi connectivity index (χ1n) is 26.7. The molecule has 0 amide bonds. The molecule has 1 spiro atoms. The summed E-state index contributed by atoms with van der Waals surface area (Å²) in [5, 5.41) is -2.69. The molecule has 12 nitrogen and oxygen atoms in total. The molecule has 0 bridgehead atoms. The molecule has 4 aromatic carbocycles. The second-order valence-corrected chi connectivity index (χ2v) is 24.6. The van der Waals surface area contributed by atoms with Crippen LogP contribution in [-0.2, 0) is 73.0 Å². The summed E-state index contributed by atoms with van der Waals surface area (Å²) < 4.78 is 247. The molecule has 454 valence electrons. The second kappa shape index (κ2) is 29.1. The first kappa shape index (κ1) is 68.7. The molecular weight excluding hydrogens is 1160 g/mol. The number of hydrogen-bond donors (Lipinski definition) is 0. The van der Waals surface area contributed by atoms with Gasteiger partial charge in [-0.3, -0.25) is 0 Å². The Bertz CT molecular complexity index is 2270. The summed E-state index contributed by atoms with van der Waals surface area (Å²) in [4.78, 5) is 0. The third-order valence-corrected chi connectivity index (χ3v) is 20.7. The van der Waals surface area contributed by atoms with E-state index < -0.39 is 76.0 Å². The van der Waals surface area contributed by atoms with E-state index in [0.717, 1.165) is 63.9 Å². The monoisotopic (exact) mass is 1230 g/mol. The van der Waals surface area contributed by atoms with Crippen molar-refractivity contribution in [2.75, 3.05) is 125 Å². The number of alkyl halides is 12. The summed E-state index contributed by atoms with van der Waals surface area (Å²) in [6.45, 7) is 4.89. The van der Waals surface area contributed by atoms with Crippen LogP contribution in [0.4, 0.5) is 52.7 Å². The predicted octanol–water partition coefficient (Wildman–Crippen LogP) is 8.64. The smallest absolute Gasteiger partial charge is 1.00 e. The molecule has 0 aromatic heterocycles. The summed E-state index contributed by atoms with van der Waals surface area (Å²) >= 11 is 0. The summed E-state index contributed by atoms with van der Waals surface area (Å²) in [7, 11) is 0. The maximum atomic E-state index is 15.2. The maximum Gasteiger partial charge on any atom is 1.00 e. The number of benzene rings is 4. The number of hydrogen-bond acceptors (Lipinski definition) is 12. The van der Waals surface area contributed by atoms with E-state index in [1.54, 1.807) is 0 Å². The number of halogens is 12. The molecule has 0 saturated carbocycles. The van der Waals surface area contributed by atoms with Crippen LogP contribution in [0, 0.1) is 0 Å². The second-order valence-electron chi connectivity index (χ2n) is 19.6. The van der Waals surface area contributed by atoms with Gasteiger partial charge in [-0.1, -0.05) is 0 Å². The van der Waals surface area contributed by atoms with Crippen LogP contribution in [0.5, 0.6) is 0 Å². The van der Waals surface area contributed by atoms with Gasteiger partial charge in [0.2, 0.25) is 0 Å². The Balaban J connectivity index is 0.000000257. The molecule has 5 saturated heterocycles. The molecular formula is C56H68F12KO12P. The van der Waals surface area contributed by atoms with Crippen molar-refractivity contribution in [2.45, 2.75) is 80.0 Å². The van der Waals surface area contributed by atoms with Crippen molar-refractivity contribution in [1.82, 2.24) is 0 Å². The van der Waals surface area contributed by atoms with Gasteiger partial charge in [0.25, 0.3) is 0 Å². The minimum Gasteiger partial charge on any atom is 1.00 e. The molecule has 26 heteroatoms. The Morgan fingerprint density at radius 1 is 0.293 bits per heavy atom. The van der Waals surface area contributed by atoms with Crippen LogP contribution in [0.15, 0.2) is 109 Å². The minimum atomic E-state index is -8.15. The molecule has 0 aliphatic carbocycles. The van der Waals surface area contributed by atoms with Gasteiger partial charge in [-0.2, -0.15) is 0 Å². The fourth-order valence-electron chi connectivity index (χ4n) is 10.7. The van der Waals surface area contributed by atoms with Crippen molar-refractivity contribution < 1.29 is 160 Å². The van der Waals surface area contributed by atoms with Gasteiger partial charge in [0.05, 0.1) is 79.3 Å². The molecule has 0 N–H and O–H groups in total. The number of ether oxygens (including phenoxy) is 9. The van der Waals surface area contributed by atoms with E-state index in [-0.39, 0.29) is 62.5 Å². The van der Waals surface area contributed by atoms with Crippen LogP contribution in [0.3, 0.4) is 0 Å². The van der Waals surface area contributed by atoms with Gasteiger partial charge in [0, 0.05) is 39.6 Å². The summed E-state index contributed by atoms with van der Waals surface area (Å²) in [5.74, 6) is 0. The Morgan fingerprint density at radius 2 is 0.512 bits per heavy atom. The zero-order valence-corrected chi connectivity index (χ0v) is 49.5. The van der Waals surface area contributed by atoms with Crippen molar-refractivity contribution in [3.63, 3.8) is 0 Å². The zero-order valence-electron chi connectivity index (χ0n) is 45.5. The molecule has 4 aromatic rings. The standard InChI is InChI=1S/C32H20F12O3P.C12H24O6.3C4H8O.K/c33-29(34,35)27(30(36,37)38)22-15-7-9-17-24(22)48(46-27,19-26(45-48,20-11-3-1-4-12-20)21-13-5-2-6-14-21)25-18-10-8-16-23(25)28(47-48,31(39,40)41)32(42,43)44;1-2-14-5-6-16-9-10-18-12-11-17-8-7-15-4-3-13-1;3*1-2-4-5-3-1;/h1-18H,19H2;1-12H2;3*1-4H2;/q-1;;;;;+1. The van der Waals surface area contributed by atoms with Crippen LogP contribution in [-0.4, -0.2) is 150 Å². The van der Waals surface area contributed by atoms with Gasteiger partial charge in [-0.05, 0) is 38.5 Å². The Hall–Kier alpha value is -2.37. The van der Waals surface area contributed by atoms with Crippen molar-refractivity contribution in [3.8, 4) is 0 Å². The topological polar surface area (TPSA) is 111 Å². The van der Waals surface area contributed by atoms with E-state index in [9.17, 15) is 0 Å². The molecule has 5 fully saturated rings. The summed E-state index contributed by atoms with van der Waals surface area (Å²) in [6.07, 6.45) is -19.8. The van der Waals surface area contributed by atoms with Gasteiger partial charge in [0.15, 0.2) is 0 Å². The van der Waals surface area contributed by atoms with E-state index in [1.165, 1.54) is 99.2 Å². The molecule has 7 heterocycles. The van der Waals surface area contributed by atoms with Gasteiger partial charge in [0.1, 0.15) is 0 Å². The SMILES string of the molecule is C1CCOC1.C1CCOC1.C1CCOC1.C1COCCOCCOCCOCCOCCO1.FC(F)(F)C1(C(F)(F)F)O[P-]23(CC(c4ccccc4)(c4ccccc4)O2)(OC(C(F)(F)F)(C(F)(F)F)c2ccccc23)c2ccccc21.[K+]. The molecule has 11 rings (SSSR count). The van der Waals surface area contributed by atoms with E-state index in [0.29, 0.717) is 104 Å². The number of rotatable bonds is 2. The van der Waals surface area contributed by atoms with Crippen LogP contribution in [0.25, 0.3) is 0 Å². The average molecular weight is 1230 g/mol. The molecule has 0 radical (unpaired) electrons. The fraction of sp³-hybridized carbons (Fsp3) is 0.571. The van der Waals surface area contributed by atoms with Gasteiger partial charge < -0.3 is 42.6 Å². The zero-order chi connectivity index (χ0) is 58.3. The minimum absolute atomic E-state index is 0. The third kappa shape index (κ3) is 14.0. The first-order valence-corrected chi connectivity index (χ1v) is 29.3. The Kier molecular flexibility index (Phi) is 24.4. The molecule has 7 aliphatic heterocycles. The van der Waals surface area contributed by atoms with Crippen molar-refractivity contribution >= 4 is 17.2 Å². The molecule has 0 unspecified atom stereocenters. The summed E-state index contributed by atoms with van der Waals surface area (Å²) in [6, 6.07) is 18.8. The van der Waals surface area contributed by atoms with Crippen LogP contribution in [0.2, 0.25) is 0 Å². The number of fused-ring (bicyclic) bond motifs is 2. The van der Waals surface area contributed by atoms with E-state index in [2.05, 4.69) is 0 Å². The Labute approximate surface area is 510 Å². The summed E-state index contributed by atoms with van der Waals surface area (Å²) in [5.41, 5.74) is -16.9. The van der Waals surface area contributed by atoms with Crippen LogP contribution >= 0.6 is 6.63 Å². The van der Waals surface area contributed by atoms with Gasteiger partial charge >= 0.3 is 314 Å². The van der Waals surface area contributed by atoms with E-state index in [1.807, 2.05) is 0 Å². The van der Waals surface area contributed by atoms with Crippen molar-refractivity contribution in [1.29, 1.82) is 0 Å². The quantitative estimate of drug-likeness (QED) is 0.109. The van der Waals surface area contributed by atoms with E-state index in [4.69, 9.17) is 56.2 Å². The molecule has 7 aliphatic rings. The van der Waals surface area contributed by atoms with Crippen LogP contribution < -0.4 is 62.0 Å². The average Bonchev–Trinajstić information content (AvgIpc) is 1.36. The molecule has 0 atom stereocenters. The largest absolute Gasteiger partial charge is 1.00 e.